The molecule has 1 atom stereocenters. The van der Waals surface area contributed by atoms with E-state index in [4.69, 9.17) is 0 Å². The van der Waals surface area contributed by atoms with Crippen LogP contribution in [0.2, 0.25) is 0 Å². The van der Waals surface area contributed by atoms with E-state index in [1.165, 1.54) is 12.1 Å². The second-order valence-electron chi connectivity index (χ2n) is 6.49. The number of amides is 1. The van der Waals surface area contributed by atoms with Crippen molar-refractivity contribution in [2.24, 2.45) is 0 Å². The second kappa shape index (κ2) is 6.74. The SMILES string of the molecule is CC(C)c1nc(NC(C)c2cc(F)cc(F)c2)c2c(n1)C(=O)NCC2. The molecule has 2 heterocycles. The van der Waals surface area contributed by atoms with E-state index in [1.807, 2.05) is 13.8 Å². The van der Waals surface area contributed by atoms with Crippen LogP contribution in [-0.4, -0.2) is 22.4 Å². The third kappa shape index (κ3) is 3.60. The molecule has 0 aliphatic carbocycles. The molecular formula is C18H20F2N4O. The van der Waals surface area contributed by atoms with E-state index < -0.39 is 11.6 Å². The highest BCUT2D eigenvalue weighted by Gasteiger charge is 2.25. The van der Waals surface area contributed by atoms with Gasteiger partial charge in [-0.1, -0.05) is 13.8 Å². The molecule has 2 N–H and O–H groups in total. The molecule has 0 saturated heterocycles. The highest BCUT2D eigenvalue weighted by Crippen LogP contribution is 2.27. The van der Waals surface area contributed by atoms with Gasteiger partial charge in [-0.25, -0.2) is 18.7 Å². The van der Waals surface area contributed by atoms with Crippen LogP contribution in [0.5, 0.6) is 0 Å². The molecular weight excluding hydrogens is 326 g/mol. The van der Waals surface area contributed by atoms with Crippen LogP contribution in [0.4, 0.5) is 14.6 Å². The van der Waals surface area contributed by atoms with Crippen LogP contribution in [-0.2, 0) is 6.42 Å². The van der Waals surface area contributed by atoms with Crippen LogP contribution in [0.1, 0.15) is 60.2 Å². The number of nitrogens with zero attached hydrogens (tertiary/aromatic N) is 2. The summed E-state index contributed by atoms with van der Waals surface area (Å²) < 4.78 is 27.0. The van der Waals surface area contributed by atoms with Crippen LogP contribution < -0.4 is 10.6 Å². The molecule has 1 aromatic heterocycles. The Kier molecular flexibility index (Phi) is 4.65. The number of carbonyl (C=O) groups excluding carboxylic acids is 1. The smallest absolute Gasteiger partial charge is 0.270 e. The molecule has 25 heavy (non-hydrogen) atoms. The van der Waals surface area contributed by atoms with Gasteiger partial charge in [0.05, 0.1) is 6.04 Å². The summed E-state index contributed by atoms with van der Waals surface area (Å²) in [5.74, 6) is -0.344. The first-order valence-corrected chi connectivity index (χ1v) is 8.26. The van der Waals surface area contributed by atoms with E-state index in [9.17, 15) is 13.6 Å². The topological polar surface area (TPSA) is 66.9 Å². The molecule has 132 valence electrons. The summed E-state index contributed by atoms with van der Waals surface area (Å²) in [6.45, 7) is 6.18. The number of halogens is 2. The number of fused-ring (bicyclic) bond motifs is 1. The Morgan fingerprint density at radius 1 is 1.12 bits per heavy atom. The number of hydrogen-bond donors (Lipinski definition) is 2. The molecule has 5 nitrogen and oxygen atoms in total. The lowest BCUT2D eigenvalue weighted by molar-refractivity contribution is 0.0940. The third-order valence-electron chi connectivity index (χ3n) is 4.15. The molecule has 0 bridgehead atoms. The van der Waals surface area contributed by atoms with Gasteiger partial charge in [-0.15, -0.1) is 0 Å². The number of hydrogen-bond acceptors (Lipinski definition) is 4. The number of carbonyl (C=O) groups is 1. The molecule has 0 saturated carbocycles. The fourth-order valence-corrected chi connectivity index (χ4v) is 2.80. The Bertz CT molecular complexity index is 803. The van der Waals surface area contributed by atoms with Crippen molar-refractivity contribution in [2.45, 2.75) is 39.2 Å². The first-order valence-electron chi connectivity index (χ1n) is 8.26. The lowest BCUT2D eigenvalue weighted by Gasteiger charge is -2.23. The van der Waals surface area contributed by atoms with E-state index >= 15 is 0 Å². The summed E-state index contributed by atoms with van der Waals surface area (Å²) in [6, 6.07) is 3.02. The molecule has 1 aromatic carbocycles. The molecule has 1 unspecified atom stereocenters. The summed E-state index contributed by atoms with van der Waals surface area (Å²) in [5.41, 5.74) is 1.57. The Hall–Kier alpha value is -2.57. The number of aromatic nitrogens is 2. The van der Waals surface area contributed by atoms with E-state index in [1.54, 1.807) is 6.92 Å². The number of benzene rings is 1. The van der Waals surface area contributed by atoms with Gasteiger partial charge in [0.2, 0.25) is 0 Å². The van der Waals surface area contributed by atoms with Crippen molar-refractivity contribution < 1.29 is 13.6 Å². The van der Waals surface area contributed by atoms with E-state index in [0.29, 0.717) is 35.9 Å². The van der Waals surface area contributed by atoms with Crippen LogP contribution in [0.15, 0.2) is 18.2 Å². The maximum Gasteiger partial charge on any atom is 0.270 e. The summed E-state index contributed by atoms with van der Waals surface area (Å²) >= 11 is 0. The normalized spacial score (nSPS) is 14.9. The zero-order valence-corrected chi connectivity index (χ0v) is 14.4. The molecule has 1 amide bonds. The van der Waals surface area contributed by atoms with Crippen LogP contribution in [0.3, 0.4) is 0 Å². The molecule has 1 aliphatic heterocycles. The van der Waals surface area contributed by atoms with Gasteiger partial charge in [0, 0.05) is 24.1 Å². The van der Waals surface area contributed by atoms with Crippen molar-refractivity contribution in [1.82, 2.24) is 15.3 Å². The molecule has 3 rings (SSSR count). The van der Waals surface area contributed by atoms with Crippen LogP contribution in [0, 0.1) is 11.6 Å². The van der Waals surface area contributed by atoms with Crippen LogP contribution in [0.25, 0.3) is 0 Å². The van der Waals surface area contributed by atoms with Crippen molar-refractivity contribution >= 4 is 11.7 Å². The summed E-state index contributed by atoms with van der Waals surface area (Å²) in [5, 5.41) is 5.97. The molecule has 1 aliphatic rings. The number of rotatable bonds is 4. The zero-order chi connectivity index (χ0) is 18.1. The average molecular weight is 346 g/mol. The molecule has 0 radical (unpaired) electrons. The lowest BCUT2D eigenvalue weighted by atomic mass is 10.0. The third-order valence-corrected chi connectivity index (χ3v) is 4.15. The fraction of sp³-hybridized carbons (Fsp3) is 0.389. The highest BCUT2D eigenvalue weighted by atomic mass is 19.1. The van der Waals surface area contributed by atoms with E-state index in [-0.39, 0.29) is 17.9 Å². The zero-order valence-electron chi connectivity index (χ0n) is 14.4. The van der Waals surface area contributed by atoms with Gasteiger partial charge < -0.3 is 10.6 Å². The van der Waals surface area contributed by atoms with Crippen molar-refractivity contribution in [3.05, 3.63) is 52.5 Å². The van der Waals surface area contributed by atoms with Gasteiger partial charge in [0.15, 0.2) is 0 Å². The monoisotopic (exact) mass is 346 g/mol. The van der Waals surface area contributed by atoms with Crippen molar-refractivity contribution in [3.8, 4) is 0 Å². The first-order chi connectivity index (χ1) is 11.8. The molecule has 0 fully saturated rings. The Balaban J connectivity index is 1.99. The maximum atomic E-state index is 13.5. The highest BCUT2D eigenvalue weighted by molar-refractivity contribution is 5.96. The fourth-order valence-electron chi connectivity index (χ4n) is 2.80. The Morgan fingerprint density at radius 2 is 1.80 bits per heavy atom. The second-order valence-corrected chi connectivity index (χ2v) is 6.49. The van der Waals surface area contributed by atoms with Gasteiger partial charge >= 0.3 is 0 Å². The minimum Gasteiger partial charge on any atom is -0.363 e. The Labute approximate surface area is 144 Å². The average Bonchev–Trinajstić information content (AvgIpc) is 2.54. The van der Waals surface area contributed by atoms with Crippen molar-refractivity contribution in [3.63, 3.8) is 0 Å². The van der Waals surface area contributed by atoms with Gasteiger partial charge in [0.1, 0.15) is 29.0 Å². The van der Waals surface area contributed by atoms with Gasteiger partial charge in [-0.3, -0.25) is 4.79 Å². The van der Waals surface area contributed by atoms with Crippen molar-refractivity contribution in [1.29, 1.82) is 0 Å². The molecule has 2 aromatic rings. The summed E-state index contributed by atoms with van der Waals surface area (Å²) in [7, 11) is 0. The minimum atomic E-state index is -0.629. The Morgan fingerprint density at radius 3 is 2.44 bits per heavy atom. The van der Waals surface area contributed by atoms with Gasteiger partial charge in [-0.05, 0) is 31.0 Å². The minimum absolute atomic E-state index is 0.0440. The van der Waals surface area contributed by atoms with Crippen LogP contribution >= 0.6 is 0 Å². The predicted molar refractivity (Wildman–Crippen MR) is 90.6 cm³/mol. The lowest BCUT2D eigenvalue weighted by Crippen LogP contribution is -2.34. The summed E-state index contributed by atoms with van der Waals surface area (Å²) in [4.78, 5) is 21.0. The number of nitrogens with one attached hydrogen (secondary N) is 2. The van der Waals surface area contributed by atoms with Crippen molar-refractivity contribution in [2.75, 3.05) is 11.9 Å². The standard InChI is InChI=1S/C18H20F2N4O/c1-9(2)16-23-15-14(4-5-21-18(15)25)17(24-16)22-10(3)11-6-12(19)8-13(20)7-11/h6-10H,4-5H2,1-3H3,(H,21,25)(H,22,23,24). The predicted octanol–water partition coefficient (Wildman–Crippen LogP) is 3.34. The van der Waals surface area contributed by atoms with E-state index in [0.717, 1.165) is 11.6 Å². The number of anilines is 1. The van der Waals surface area contributed by atoms with Gasteiger partial charge in [-0.2, -0.15) is 0 Å². The quantitative estimate of drug-likeness (QED) is 0.891. The van der Waals surface area contributed by atoms with Gasteiger partial charge in [0.25, 0.3) is 5.91 Å². The van der Waals surface area contributed by atoms with E-state index in [2.05, 4.69) is 20.6 Å². The largest absolute Gasteiger partial charge is 0.363 e. The molecule has 7 heteroatoms. The first kappa shape index (κ1) is 17.3. The maximum absolute atomic E-state index is 13.5. The molecule has 0 spiro atoms. The summed E-state index contributed by atoms with van der Waals surface area (Å²) in [6.07, 6.45) is 0.603.